The zero-order valence-corrected chi connectivity index (χ0v) is 27.6. The van der Waals surface area contributed by atoms with Gasteiger partial charge in [0.15, 0.2) is 0 Å². The zero-order chi connectivity index (χ0) is 32.0. The molecule has 0 aliphatic carbocycles. The number of fused-ring (bicyclic) bond motifs is 2. The maximum absolute atomic E-state index is 12.9. The van der Waals surface area contributed by atoms with Gasteiger partial charge in [-0.15, -0.1) is 5.10 Å². The summed E-state index contributed by atoms with van der Waals surface area (Å²) in [6, 6.07) is 10.5. The van der Waals surface area contributed by atoms with Crippen molar-refractivity contribution in [3.63, 3.8) is 0 Å². The summed E-state index contributed by atoms with van der Waals surface area (Å²) >= 11 is 0. The number of amides is 1. The van der Waals surface area contributed by atoms with E-state index in [9.17, 15) is 9.59 Å². The Balaban J connectivity index is 1.33. The van der Waals surface area contributed by atoms with Crippen LogP contribution in [0.1, 0.15) is 87.1 Å². The second-order valence-corrected chi connectivity index (χ2v) is 13.3. The number of piperidine rings is 1. The standard InChI is InChI=1S/C35H49N5O5/c1-6-44-32(41)21-30(27-9-8-26-14-18-39(22-28(26)20-27)34(42)45-35(3,4)5)29-10-11-31-33(24(29)2)37-38-40(31)17-7-19-43-23-25-12-15-36-16-13-25/h8-11,20,25,30,36H,6-7,12-19,21-23H2,1-5H3/t30-/m0/s1. The van der Waals surface area contributed by atoms with Gasteiger partial charge in [0.1, 0.15) is 11.1 Å². The molecule has 0 spiro atoms. The Morgan fingerprint density at radius 2 is 1.91 bits per heavy atom. The summed E-state index contributed by atoms with van der Waals surface area (Å²) in [7, 11) is 0. The monoisotopic (exact) mass is 619 g/mol. The van der Waals surface area contributed by atoms with E-state index in [4.69, 9.17) is 14.2 Å². The molecule has 0 radical (unpaired) electrons. The number of hydrogen-bond donors (Lipinski definition) is 1. The van der Waals surface area contributed by atoms with Crippen molar-refractivity contribution >= 4 is 23.1 Å². The first kappa shape index (κ1) is 32.9. The number of nitrogens with one attached hydrogen (secondary N) is 1. The van der Waals surface area contributed by atoms with Gasteiger partial charge in [-0.3, -0.25) is 4.79 Å². The molecule has 1 atom stereocenters. The summed E-state index contributed by atoms with van der Waals surface area (Å²) in [5, 5.41) is 12.4. The second-order valence-electron chi connectivity index (χ2n) is 13.3. The molecule has 2 aliphatic rings. The lowest BCUT2D eigenvalue weighted by Crippen LogP contribution is -2.39. The summed E-state index contributed by atoms with van der Waals surface area (Å²) in [6.45, 7) is 15.4. The third-order valence-corrected chi connectivity index (χ3v) is 8.80. The lowest BCUT2D eigenvalue weighted by atomic mass is 9.83. The van der Waals surface area contributed by atoms with Crippen molar-refractivity contribution < 1.29 is 23.8 Å². The second kappa shape index (κ2) is 14.7. The van der Waals surface area contributed by atoms with Crippen molar-refractivity contribution in [2.24, 2.45) is 5.92 Å². The third kappa shape index (κ3) is 8.41. The SMILES string of the molecule is CCOC(=O)C[C@@H](c1ccc2c(c1)CN(C(=O)OC(C)(C)C)CC2)c1ccc2c(nnn2CCCOCC2CCNCC2)c1C. The van der Waals surface area contributed by atoms with Crippen molar-refractivity contribution in [1.29, 1.82) is 0 Å². The fourth-order valence-corrected chi connectivity index (χ4v) is 6.41. The molecule has 244 valence electrons. The summed E-state index contributed by atoms with van der Waals surface area (Å²) < 4.78 is 19.0. The van der Waals surface area contributed by atoms with Crippen molar-refractivity contribution in [3.05, 3.63) is 58.1 Å². The van der Waals surface area contributed by atoms with Gasteiger partial charge in [0, 0.05) is 38.8 Å². The van der Waals surface area contributed by atoms with Gasteiger partial charge in [-0.25, -0.2) is 9.48 Å². The molecule has 1 amide bonds. The molecule has 1 fully saturated rings. The minimum Gasteiger partial charge on any atom is -0.466 e. The van der Waals surface area contributed by atoms with Gasteiger partial charge in [0.2, 0.25) is 0 Å². The van der Waals surface area contributed by atoms with E-state index in [2.05, 4.69) is 52.9 Å². The summed E-state index contributed by atoms with van der Waals surface area (Å²) in [6.07, 6.45) is 3.89. The van der Waals surface area contributed by atoms with E-state index in [1.54, 1.807) is 4.90 Å². The zero-order valence-electron chi connectivity index (χ0n) is 27.6. The number of aryl methyl sites for hydroxylation is 2. The topological polar surface area (TPSA) is 108 Å². The van der Waals surface area contributed by atoms with Gasteiger partial charge >= 0.3 is 12.1 Å². The van der Waals surface area contributed by atoms with Crippen LogP contribution in [0.4, 0.5) is 4.79 Å². The van der Waals surface area contributed by atoms with E-state index in [0.717, 1.165) is 72.4 Å². The normalized spacial score (nSPS) is 16.4. The number of carbonyl (C=O) groups is 2. The predicted octanol–water partition coefficient (Wildman–Crippen LogP) is 5.52. The van der Waals surface area contributed by atoms with Crippen LogP contribution < -0.4 is 5.32 Å². The van der Waals surface area contributed by atoms with E-state index in [1.165, 1.54) is 18.4 Å². The molecular formula is C35H49N5O5. The first-order valence-electron chi connectivity index (χ1n) is 16.5. The fourth-order valence-electron chi connectivity index (χ4n) is 6.41. The summed E-state index contributed by atoms with van der Waals surface area (Å²) in [4.78, 5) is 27.5. The highest BCUT2D eigenvalue weighted by molar-refractivity contribution is 5.80. The average molecular weight is 620 g/mol. The smallest absolute Gasteiger partial charge is 0.410 e. The number of rotatable bonds is 11. The quantitative estimate of drug-likeness (QED) is 0.221. The molecular weight excluding hydrogens is 570 g/mol. The van der Waals surface area contributed by atoms with E-state index >= 15 is 0 Å². The third-order valence-electron chi connectivity index (χ3n) is 8.80. The molecule has 1 saturated heterocycles. The minimum absolute atomic E-state index is 0.206. The van der Waals surface area contributed by atoms with Crippen molar-refractivity contribution in [1.82, 2.24) is 25.2 Å². The fraction of sp³-hybridized carbons (Fsp3) is 0.600. The van der Waals surface area contributed by atoms with E-state index < -0.39 is 5.60 Å². The number of benzene rings is 2. The highest BCUT2D eigenvalue weighted by Crippen LogP contribution is 2.35. The average Bonchev–Trinajstić information content (AvgIpc) is 3.43. The largest absolute Gasteiger partial charge is 0.466 e. The van der Waals surface area contributed by atoms with Crippen LogP contribution in [0.15, 0.2) is 30.3 Å². The van der Waals surface area contributed by atoms with E-state index in [1.807, 2.05) is 32.4 Å². The number of aromatic nitrogens is 3. The number of hydrogen-bond acceptors (Lipinski definition) is 8. The Morgan fingerprint density at radius 1 is 1.11 bits per heavy atom. The summed E-state index contributed by atoms with van der Waals surface area (Å²) in [5.74, 6) is 0.175. The van der Waals surface area contributed by atoms with Crippen LogP contribution in [0.2, 0.25) is 0 Å². The lowest BCUT2D eigenvalue weighted by Gasteiger charge is -2.32. The molecule has 10 nitrogen and oxygen atoms in total. The first-order chi connectivity index (χ1) is 21.6. The van der Waals surface area contributed by atoms with Crippen molar-refractivity contribution in [2.45, 2.75) is 91.3 Å². The van der Waals surface area contributed by atoms with Crippen LogP contribution >= 0.6 is 0 Å². The first-order valence-corrected chi connectivity index (χ1v) is 16.5. The summed E-state index contributed by atoms with van der Waals surface area (Å²) in [5.41, 5.74) is 6.58. The maximum atomic E-state index is 12.9. The van der Waals surface area contributed by atoms with Crippen molar-refractivity contribution in [3.8, 4) is 0 Å². The van der Waals surface area contributed by atoms with Gasteiger partial charge < -0.3 is 24.4 Å². The Hall–Kier alpha value is -3.50. The van der Waals surface area contributed by atoms with Gasteiger partial charge in [0.05, 0.1) is 18.5 Å². The lowest BCUT2D eigenvalue weighted by molar-refractivity contribution is -0.143. The molecule has 0 bridgehead atoms. The Labute approximate surface area is 266 Å². The molecule has 1 aromatic heterocycles. The number of carbonyl (C=O) groups excluding carboxylic acids is 2. The molecule has 0 unspecified atom stereocenters. The molecule has 10 heteroatoms. The van der Waals surface area contributed by atoms with Gasteiger partial charge in [-0.2, -0.15) is 0 Å². The molecule has 2 aliphatic heterocycles. The van der Waals surface area contributed by atoms with Gasteiger partial charge in [-0.1, -0.05) is 29.5 Å². The van der Waals surface area contributed by atoms with Crippen LogP contribution in [0.25, 0.3) is 11.0 Å². The maximum Gasteiger partial charge on any atom is 0.410 e. The van der Waals surface area contributed by atoms with Crippen molar-refractivity contribution in [2.75, 3.05) is 39.5 Å². The van der Waals surface area contributed by atoms with Crippen LogP contribution in [0, 0.1) is 12.8 Å². The van der Waals surface area contributed by atoms with Gasteiger partial charge in [0.25, 0.3) is 0 Å². The molecule has 3 aromatic rings. The highest BCUT2D eigenvalue weighted by Gasteiger charge is 2.28. The Kier molecular flexibility index (Phi) is 10.8. The van der Waals surface area contributed by atoms with Crippen LogP contribution in [-0.2, 0) is 38.5 Å². The van der Waals surface area contributed by atoms with Crippen LogP contribution in [0.3, 0.4) is 0 Å². The molecule has 5 rings (SSSR count). The molecule has 1 N–H and O–H groups in total. The predicted molar refractivity (Wildman–Crippen MR) is 173 cm³/mol. The molecule has 3 heterocycles. The molecule has 2 aromatic carbocycles. The minimum atomic E-state index is -0.553. The number of esters is 1. The highest BCUT2D eigenvalue weighted by atomic mass is 16.6. The Morgan fingerprint density at radius 3 is 2.67 bits per heavy atom. The number of ether oxygens (including phenoxy) is 3. The van der Waals surface area contributed by atoms with E-state index in [0.29, 0.717) is 32.2 Å². The molecule has 45 heavy (non-hydrogen) atoms. The van der Waals surface area contributed by atoms with Crippen LogP contribution in [0.5, 0.6) is 0 Å². The Bertz CT molecular complexity index is 1470. The molecule has 0 saturated carbocycles. The number of nitrogens with zero attached hydrogens (tertiary/aromatic N) is 4. The van der Waals surface area contributed by atoms with E-state index in [-0.39, 0.29) is 24.4 Å². The van der Waals surface area contributed by atoms with Crippen LogP contribution in [-0.4, -0.2) is 77.0 Å². The van der Waals surface area contributed by atoms with Gasteiger partial charge in [-0.05, 0) is 113 Å².